The molecule has 0 unspecified atom stereocenters. The van der Waals surface area contributed by atoms with Gasteiger partial charge in [0.2, 0.25) is 0 Å². The Bertz CT molecular complexity index is 671. The van der Waals surface area contributed by atoms with Gasteiger partial charge in [-0.1, -0.05) is 11.6 Å². The monoisotopic (exact) mass is 292 g/mol. The highest BCUT2D eigenvalue weighted by molar-refractivity contribution is 6.32. The van der Waals surface area contributed by atoms with Crippen molar-refractivity contribution in [2.45, 2.75) is 6.92 Å². The molecule has 0 saturated carbocycles. The minimum Gasteiger partial charge on any atom is -0.454 e. The van der Waals surface area contributed by atoms with Crippen molar-refractivity contribution in [3.63, 3.8) is 0 Å². The summed E-state index contributed by atoms with van der Waals surface area (Å²) >= 11 is 5.90. The first kappa shape index (κ1) is 14.0. The number of halogens is 1. The van der Waals surface area contributed by atoms with Gasteiger partial charge in [-0.25, -0.2) is 4.98 Å². The minimum atomic E-state index is -0.543. The molecular formula is C13H9ClN2O4. The van der Waals surface area contributed by atoms with Gasteiger partial charge >= 0.3 is 0 Å². The number of aromatic nitrogens is 1. The number of nitrogens with zero attached hydrogens (tertiary/aromatic N) is 2. The first-order valence-electron chi connectivity index (χ1n) is 5.56. The van der Waals surface area contributed by atoms with Crippen LogP contribution in [0.4, 0.5) is 5.69 Å². The van der Waals surface area contributed by atoms with E-state index in [4.69, 9.17) is 16.3 Å². The Balaban J connectivity index is 2.21. The van der Waals surface area contributed by atoms with Crippen LogP contribution in [-0.2, 0) is 0 Å². The lowest BCUT2D eigenvalue weighted by molar-refractivity contribution is -0.384. The second-order valence-electron chi connectivity index (χ2n) is 3.91. The van der Waals surface area contributed by atoms with Crippen molar-refractivity contribution in [2.24, 2.45) is 0 Å². The first-order chi connectivity index (χ1) is 9.47. The predicted octanol–water partition coefficient (Wildman–Crippen LogP) is 3.64. The smallest absolute Gasteiger partial charge is 0.271 e. The molecule has 2 rings (SSSR count). The van der Waals surface area contributed by atoms with Gasteiger partial charge in [-0.05, 0) is 18.2 Å². The van der Waals surface area contributed by atoms with E-state index >= 15 is 0 Å². The van der Waals surface area contributed by atoms with Gasteiger partial charge in [0.25, 0.3) is 5.69 Å². The maximum absolute atomic E-state index is 11.1. The van der Waals surface area contributed by atoms with E-state index in [2.05, 4.69) is 4.98 Å². The quantitative estimate of drug-likeness (QED) is 0.488. The fourth-order valence-corrected chi connectivity index (χ4v) is 1.68. The van der Waals surface area contributed by atoms with Crippen molar-refractivity contribution >= 4 is 23.1 Å². The molecule has 7 heteroatoms. The van der Waals surface area contributed by atoms with Crippen LogP contribution in [-0.4, -0.2) is 15.7 Å². The fourth-order valence-electron chi connectivity index (χ4n) is 1.46. The number of pyridine rings is 1. The topological polar surface area (TPSA) is 82.3 Å². The van der Waals surface area contributed by atoms with Crippen molar-refractivity contribution in [3.8, 4) is 11.5 Å². The Kier molecular flexibility index (Phi) is 3.95. The van der Waals surface area contributed by atoms with Crippen molar-refractivity contribution in [2.75, 3.05) is 0 Å². The second-order valence-corrected chi connectivity index (χ2v) is 4.32. The molecule has 0 bridgehead atoms. The van der Waals surface area contributed by atoms with Crippen molar-refractivity contribution in [1.29, 1.82) is 0 Å². The number of nitro groups is 1. The van der Waals surface area contributed by atoms with E-state index in [1.807, 2.05) is 0 Å². The number of ketones is 1. The largest absolute Gasteiger partial charge is 0.454 e. The SMILES string of the molecule is CC(=O)c1ccc(Oc2ccc([N+](=O)[O-])cc2Cl)cn1. The summed E-state index contributed by atoms with van der Waals surface area (Å²) in [4.78, 5) is 25.1. The number of Topliss-reactive ketones (excluding diaryl/α,β-unsaturated/α-hetero) is 1. The second kappa shape index (κ2) is 5.66. The van der Waals surface area contributed by atoms with Gasteiger partial charge < -0.3 is 4.74 Å². The fraction of sp³-hybridized carbons (Fsp3) is 0.0769. The summed E-state index contributed by atoms with van der Waals surface area (Å²) in [5.74, 6) is 0.505. The molecular weight excluding hydrogens is 284 g/mol. The molecule has 1 aromatic heterocycles. The summed E-state index contributed by atoms with van der Waals surface area (Å²) in [5.41, 5.74) is 0.208. The van der Waals surface area contributed by atoms with Gasteiger partial charge in [-0.15, -0.1) is 0 Å². The molecule has 20 heavy (non-hydrogen) atoms. The molecule has 0 fully saturated rings. The molecule has 0 aliphatic rings. The van der Waals surface area contributed by atoms with E-state index in [0.717, 1.165) is 0 Å². The highest BCUT2D eigenvalue weighted by atomic mass is 35.5. The average molecular weight is 293 g/mol. The van der Waals surface area contributed by atoms with Gasteiger partial charge in [0.15, 0.2) is 5.78 Å². The third kappa shape index (κ3) is 3.10. The molecule has 0 spiro atoms. The lowest BCUT2D eigenvalue weighted by Crippen LogP contribution is -1.96. The number of non-ortho nitro benzene ring substituents is 1. The molecule has 102 valence electrons. The lowest BCUT2D eigenvalue weighted by atomic mass is 10.2. The van der Waals surface area contributed by atoms with Crippen LogP contribution in [0.2, 0.25) is 5.02 Å². The Morgan fingerprint density at radius 3 is 2.60 bits per heavy atom. The Morgan fingerprint density at radius 1 is 1.35 bits per heavy atom. The third-order valence-electron chi connectivity index (χ3n) is 2.45. The van der Waals surface area contributed by atoms with Crippen molar-refractivity contribution in [1.82, 2.24) is 4.98 Å². The normalized spacial score (nSPS) is 10.1. The Morgan fingerprint density at radius 2 is 2.10 bits per heavy atom. The van der Waals surface area contributed by atoms with Crippen molar-refractivity contribution < 1.29 is 14.5 Å². The Labute approximate surface area is 119 Å². The average Bonchev–Trinajstić information content (AvgIpc) is 2.41. The van der Waals surface area contributed by atoms with E-state index in [-0.39, 0.29) is 22.2 Å². The number of ether oxygens (including phenoxy) is 1. The number of hydrogen-bond donors (Lipinski definition) is 0. The zero-order chi connectivity index (χ0) is 14.7. The van der Waals surface area contributed by atoms with E-state index in [1.54, 1.807) is 6.07 Å². The number of carbonyl (C=O) groups is 1. The van der Waals surface area contributed by atoms with Crippen LogP contribution in [0.25, 0.3) is 0 Å². The summed E-state index contributed by atoms with van der Waals surface area (Å²) in [7, 11) is 0. The van der Waals surface area contributed by atoms with Crippen LogP contribution in [0.15, 0.2) is 36.5 Å². The lowest BCUT2D eigenvalue weighted by Gasteiger charge is -2.07. The van der Waals surface area contributed by atoms with Gasteiger partial charge in [-0.2, -0.15) is 0 Å². The predicted molar refractivity (Wildman–Crippen MR) is 72.4 cm³/mol. The first-order valence-corrected chi connectivity index (χ1v) is 5.94. The van der Waals surface area contributed by atoms with Gasteiger partial charge in [0.05, 0.1) is 16.1 Å². The maximum Gasteiger partial charge on any atom is 0.271 e. The number of hydrogen-bond acceptors (Lipinski definition) is 5. The number of nitro benzene ring substituents is 1. The molecule has 0 amide bonds. The Hall–Kier alpha value is -2.47. The molecule has 1 heterocycles. The van der Waals surface area contributed by atoms with E-state index < -0.39 is 4.92 Å². The summed E-state index contributed by atoms with van der Waals surface area (Å²) in [6.45, 7) is 1.41. The summed E-state index contributed by atoms with van der Waals surface area (Å²) < 4.78 is 5.45. The minimum absolute atomic E-state index is 0.118. The van der Waals surface area contributed by atoms with Crippen LogP contribution < -0.4 is 4.74 Å². The standard InChI is InChI=1S/C13H9ClN2O4/c1-8(17)12-4-3-10(7-15-12)20-13-5-2-9(16(18)19)6-11(13)14/h2-7H,1H3. The van der Waals surface area contributed by atoms with Crippen LogP contribution in [0.3, 0.4) is 0 Å². The summed E-state index contributed by atoms with van der Waals surface area (Å²) in [5, 5.41) is 10.7. The van der Waals surface area contributed by atoms with Gasteiger partial charge in [0, 0.05) is 19.1 Å². The number of carbonyl (C=O) groups excluding carboxylic acids is 1. The molecule has 6 nitrogen and oxygen atoms in total. The zero-order valence-electron chi connectivity index (χ0n) is 10.4. The highest BCUT2D eigenvalue weighted by Crippen LogP contribution is 2.32. The van der Waals surface area contributed by atoms with Gasteiger partial charge in [-0.3, -0.25) is 14.9 Å². The van der Waals surface area contributed by atoms with Crippen LogP contribution in [0.1, 0.15) is 17.4 Å². The molecule has 0 N–H and O–H groups in total. The van der Waals surface area contributed by atoms with Crippen LogP contribution >= 0.6 is 11.6 Å². The summed E-state index contributed by atoms with van der Waals surface area (Å²) in [6.07, 6.45) is 1.38. The molecule has 0 aliphatic heterocycles. The molecule has 0 aliphatic carbocycles. The maximum atomic E-state index is 11.1. The van der Waals surface area contributed by atoms with Gasteiger partial charge in [0.1, 0.15) is 17.2 Å². The highest BCUT2D eigenvalue weighted by Gasteiger charge is 2.11. The van der Waals surface area contributed by atoms with E-state index in [1.165, 1.54) is 37.4 Å². The van der Waals surface area contributed by atoms with E-state index in [0.29, 0.717) is 11.4 Å². The zero-order valence-corrected chi connectivity index (χ0v) is 11.1. The van der Waals surface area contributed by atoms with E-state index in [9.17, 15) is 14.9 Å². The molecule has 1 aromatic carbocycles. The molecule has 2 aromatic rings. The molecule has 0 atom stereocenters. The third-order valence-corrected chi connectivity index (χ3v) is 2.75. The van der Waals surface area contributed by atoms with Crippen LogP contribution in [0.5, 0.6) is 11.5 Å². The molecule has 0 saturated heterocycles. The number of rotatable bonds is 4. The number of benzene rings is 1. The summed E-state index contributed by atoms with van der Waals surface area (Å²) in [6, 6.07) is 6.99. The van der Waals surface area contributed by atoms with Crippen molar-refractivity contribution in [3.05, 3.63) is 57.4 Å². The molecule has 0 radical (unpaired) electrons. The van der Waals surface area contributed by atoms with Crippen LogP contribution in [0, 0.1) is 10.1 Å².